The van der Waals surface area contributed by atoms with Gasteiger partial charge in [-0.1, -0.05) is 12.1 Å². The van der Waals surface area contributed by atoms with Crippen molar-refractivity contribution in [1.29, 1.82) is 0 Å². The summed E-state index contributed by atoms with van der Waals surface area (Å²) in [5, 5.41) is 0. The van der Waals surface area contributed by atoms with Gasteiger partial charge in [0.25, 0.3) is 6.43 Å². The second-order valence-electron chi connectivity index (χ2n) is 5.51. The van der Waals surface area contributed by atoms with E-state index in [1.54, 1.807) is 0 Å². The van der Waals surface area contributed by atoms with Gasteiger partial charge < -0.3 is 10.5 Å². The minimum absolute atomic E-state index is 0.145. The van der Waals surface area contributed by atoms with Gasteiger partial charge in [0.2, 0.25) is 0 Å². The molecule has 1 aliphatic heterocycles. The lowest BCUT2D eigenvalue weighted by atomic mass is 9.92. The van der Waals surface area contributed by atoms with E-state index in [0.29, 0.717) is 0 Å². The number of hydrogen-bond acceptors (Lipinski definition) is 2. The van der Waals surface area contributed by atoms with Crippen molar-refractivity contribution in [1.82, 2.24) is 0 Å². The molecule has 1 heterocycles. The molecule has 1 aliphatic rings. The van der Waals surface area contributed by atoms with Crippen molar-refractivity contribution in [2.45, 2.75) is 51.2 Å². The van der Waals surface area contributed by atoms with Crippen molar-refractivity contribution >= 4 is 0 Å². The predicted octanol–water partition coefficient (Wildman–Crippen LogP) is 2.93. The molecule has 0 radical (unpaired) electrons. The van der Waals surface area contributed by atoms with Crippen molar-refractivity contribution in [2.75, 3.05) is 0 Å². The fourth-order valence-corrected chi connectivity index (χ4v) is 2.20. The monoisotopic (exact) mass is 255 g/mol. The number of hydrogen-bond donors (Lipinski definition) is 1. The number of alkyl halides is 2. The summed E-state index contributed by atoms with van der Waals surface area (Å²) < 4.78 is 30.7. The fourth-order valence-electron chi connectivity index (χ4n) is 2.20. The molecule has 1 unspecified atom stereocenters. The number of aryl methyl sites for hydroxylation is 1. The molecule has 18 heavy (non-hydrogen) atoms. The van der Waals surface area contributed by atoms with Gasteiger partial charge in [-0.3, -0.25) is 0 Å². The van der Waals surface area contributed by atoms with E-state index < -0.39 is 12.5 Å². The number of halogens is 2. The second kappa shape index (κ2) is 4.84. The van der Waals surface area contributed by atoms with Gasteiger partial charge in [0.05, 0.1) is 6.04 Å². The Morgan fingerprint density at radius 3 is 2.78 bits per heavy atom. The first-order valence-corrected chi connectivity index (χ1v) is 6.22. The summed E-state index contributed by atoms with van der Waals surface area (Å²) in [6, 6.07) is 4.53. The molecule has 2 N–H and O–H groups in total. The summed E-state index contributed by atoms with van der Waals surface area (Å²) in [6.45, 7) is 4.10. The number of rotatable bonds is 3. The molecule has 100 valence electrons. The van der Waals surface area contributed by atoms with Gasteiger partial charge in [-0.15, -0.1) is 0 Å². The van der Waals surface area contributed by atoms with E-state index >= 15 is 0 Å². The average Bonchev–Trinajstić information content (AvgIpc) is 2.28. The first-order valence-electron chi connectivity index (χ1n) is 6.22. The lowest BCUT2D eigenvalue weighted by Crippen LogP contribution is -2.33. The van der Waals surface area contributed by atoms with Crippen LogP contribution in [0.25, 0.3) is 0 Å². The Bertz CT molecular complexity index is 432. The quantitative estimate of drug-likeness (QED) is 0.901. The number of fused-ring (bicyclic) bond motifs is 1. The molecular weight excluding hydrogens is 236 g/mol. The van der Waals surface area contributed by atoms with Crippen molar-refractivity contribution in [3.63, 3.8) is 0 Å². The minimum atomic E-state index is -2.48. The van der Waals surface area contributed by atoms with Crippen LogP contribution in [0, 0.1) is 0 Å². The van der Waals surface area contributed by atoms with Crippen molar-refractivity contribution < 1.29 is 13.5 Å². The van der Waals surface area contributed by atoms with E-state index in [4.69, 9.17) is 10.5 Å². The zero-order chi connectivity index (χ0) is 13.3. The summed E-state index contributed by atoms with van der Waals surface area (Å²) in [4.78, 5) is 0. The Balaban J connectivity index is 2.14. The third-order valence-corrected chi connectivity index (χ3v) is 3.30. The molecule has 1 aromatic carbocycles. The van der Waals surface area contributed by atoms with Crippen LogP contribution < -0.4 is 10.5 Å². The normalized spacial score (nSPS) is 19.2. The molecule has 0 aliphatic carbocycles. The van der Waals surface area contributed by atoms with Crippen LogP contribution in [0.5, 0.6) is 5.75 Å². The number of nitrogens with two attached hydrogens (primary N) is 1. The zero-order valence-corrected chi connectivity index (χ0v) is 10.7. The largest absolute Gasteiger partial charge is 0.488 e. The number of benzene rings is 1. The van der Waals surface area contributed by atoms with Gasteiger partial charge in [0, 0.05) is 0 Å². The fraction of sp³-hybridized carbons (Fsp3) is 0.571. The molecule has 0 aromatic heterocycles. The average molecular weight is 255 g/mol. The van der Waals surface area contributed by atoms with Crippen LogP contribution >= 0.6 is 0 Å². The molecule has 0 saturated carbocycles. The predicted molar refractivity (Wildman–Crippen MR) is 67.2 cm³/mol. The van der Waals surface area contributed by atoms with Crippen LogP contribution in [0.3, 0.4) is 0 Å². The Hall–Kier alpha value is -1.16. The highest BCUT2D eigenvalue weighted by Crippen LogP contribution is 2.33. The van der Waals surface area contributed by atoms with Crippen LogP contribution in [-0.4, -0.2) is 18.1 Å². The van der Waals surface area contributed by atoms with Gasteiger partial charge in [0.1, 0.15) is 11.4 Å². The summed E-state index contributed by atoms with van der Waals surface area (Å²) in [5.74, 6) is 0.862. The van der Waals surface area contributed by atoms with Gasteiger partial charge in [-0.25, -0.2) is 8.78 Å². The van der Waals surface area contributed by atoms with E-state index in [1.165, 1.54) is 0 Å². The smallest absolute Gasteiger partial charge is 0.253 e. The lowest BCUT2D eigenvalue weighted by Gasteiger charge is -2.32. The lowest BCUT2D eigenvalue weighted by molar-refractivity contribution is 0.0846. The van der Waals surface area contributed by atoms with Crippen LogP contribution in [-0.2, 0) is 12.8 Å². The maximum atomic E-state index is 12.4. The van der Waals surface area contributed by atoms with Gasteiger partial charge in [-0.05, 0) is 50.3 Å². The topological polar surface area (TPSA) is 35.2 Å². The standard InChI is InChI=1S/C14H19F2NO/c1-14(2)6-5-10-7-9(3-4-12(10)18-14)8-11(17)13(15)16/h3-4,7,11,13H,5-6,8,17H2,1-2H3. The van der Waals surface area contributed by atoms with Gasteiger partial charge >= 0.3 is 0 Å². The SMILES string of the molecule is CC1(C)CCc2cc(CC(N)C(F)F)ccc2O1. The minimum Gasteiger partial charge on any atom is -0.488 e. The molecular formula is C14H19F2NO. The van der Waals surface area contributed by atoms with Crippen molar-refractivity contribution in [2.24, 2.45) is 5.73 Å². The van der Waals surface area contributed by atoms with Crippen molar-refractivity contribution in [3.8, 4) is 5.75 Å². The Morgan fingerprint density at radius 1 is 1.39 bits per heavy atom. The summed E-state index contributed by atoms with van der Waals surface area (Å²) in [6.07, 6.45) is -0.421. The Kier molecular flexibility index (Phi) is 3.57. The molecule has 0 fully saturated rings. The highest BCUT2D eigenvalue weighted by Gasteiger charge is 2.26. The molecule has 2 nitrogen and oxygen atoms in total. The van der Waals surface area contributed by atoms with Gasteiger partial charge in [-0.2, -0.15) is 0 Å². The third kappa shape index (κ3) is 2.99. The highest BCUT2D eigenvalue weighted by atomic mass is 19.3. The van der Waals surface area contributed by atoms with Crippen LogP contribution in [0.4, 0.5) is 8.78 Å². The maximum absolute atomic E-state index is 12.4. The van der Waals surface area contributed by atoms with Crippen molar-refractivity contribution in [3.05, 3.63) is 29.3 Å². The van der Waals surface area contributed by atoms with Crippen LogP contribution in [0.15, 0.2) is 18.2 Å². The van der Waals surface area contributed by atoms with E-state index in [9.17, 15) is 8.78 Å². The van der Waals surface area contributed by atoms with E-state index in [2.05, 4.69) is 13.8 Å². The van der Waals surface area contributed by atoms with Gasteiger partial charge in [0.15, 0.2) is 0 Å². The Morgan fingerprint density at radius 2 is 2.11 bits per heavy atom. The zero-order valence-electron chi connectivity index (χ0n) is 10.7. The highest BCUT2D eigenvalue weighted by molar-refractivity contribution is 5.39. The molecule has 4 heteroatoms. The second-order valence-corrected chi connectivity index (χ2v) is 5.51. The van der Waals surface area contributed by atoms with E-state index in [0.717, 1.165) is 29.7 Å². The molecule has 0 bridgehead atoms. The maximum Gasteiger partial charge on any atom is 0.253 e. The number of ether oxygens (including phenoxy) is 1. The third-order valence-electron chi connectivity index (χ3n) is 3.30. The first-order chi connectivity index (χ1) is 8.37. The van der Waals surface area contributed by atoms with E-state index in [1.807, 2.05) is 18.2 Å². The molecule has 1 aromatic rings. The molecule has 0 saturated heterocycles. The molecule has 0 amide bonds. The van der Waals surface area contributed by atoms with Crippen LogP contribution in [0.1, 0.15) is 31.4 Å². The molecule has 0 spiro atoms. The van der Waals surface area contributed by atoms with Crippen LogP contribution in [0.2, 0.25) is 0 Å². The molecule has 2 rings (SSSR count). The molecule has 1 atom stereocenters. The van der Waals surface area contributed by atoms with E-state index in [-0.39, 0.29) is 12.0 Å². The first kappa shape index (κ1) is 13.3. The summed E-state index contributed by atoms with van der Waals surface area (Å²) in [7, 11) is 0. The summed E-state index contributed by atoms with van der Waals surface area (Å²) >= 11 is 0. The summed E-state index contributed by atoms with van der Waals surface area (Å²) in [5.41, 5.74) is 7.18. The Labute approximate surface area is 106 Å².